The third-order valence-corrected chi connectivity index (χ3v) is 15.9. The van der Waals surface area contributed by atoms with Gasteiger partial charge < -0.3 is 14.2 Å². The Bertz CT molecular complexity index is 1110. The van der Waals surface area contributed by atoms with Crippen LogP contribution in [0, 0.1) is 0 Å². The second-order valence-electron chi connectivity index (χ2n) is 23.5. The highest BCUT2D eigenvalue weighted by Crippen LogP contribution is 2.19. The van der Waals surface area contributed by atoms with E-state index < -0.39 is 6.10 Å². The van der Waals surface area contributed by atoms with Gasteiger partial charge in [-0.25, -0.2) is 0 Å². The molecule has 0 fully saturated rings. The maximum atomic E-state index is 12.9. The fraction of sp³-hybridized carbons (Fsp3) is 0.956. The minimum Gasteiger partial charge on any atom is -0.462 e. The second kappa shape index (κ2) is 63.9. The van der Waals surface area contributed by atoms with Crippen LogP contribution in [0.25, 0.3) is 0 Å². The van der Waals surface area contributed by atoms with Crippen LogP contribution in [-0.4, -0.2) is 37.2 Å². The Morgan fingerprint density at radius 2 is 0.365 bits per heavy atom. The standard InChI is InChI=1S/C68H132O6/c1-4-7-10-13-16-19-22-25-27-29-30-31-32-33-34-35-36-37-38-39-41-43-46-49-52-55-58-61-67(70)73-64-65(63-72-66(69)60-57-54-51-48-45-42-24-21-18-15-12-9-6-3)74-68(71)62-59-56-53-50-47-44-40-28-26-23-20-17-14-11-8-5-2/h65H,4-64H2,1-3H3. The van der Waals surface area contributed by atoms with Crippen molar-refractivity contribution in [3.63, 3.8) is 0 Å². The molecule has 1 unspecified atom stereocenters. The van der Waals surface area contributed by atoms with E-state index in [1.807, 2.05) is 0 Å². The molecule has 0 saturated heterocycles. The molecule has 0 aliphatic carbocycles. The number of esters is 3. The van der Waals surface area contributed by atoms with Gasteiger partial charge in [0.1, 0.15) is 13.2 Å². The number of rotatable bonds is 64. The summed E-state index contributed by atoms with van der Waals surface area (Å²) in [5, 5.41) is 0. The van der Waals surface area contributed by atoms with Crippen LogP contribution in [0.4, 0.5) is 0 Å². The van der Waals surface area contributed by atoms with Crippen LogP contribution in [-0.2, 0) is 28.6 Å². The first-order chi connectivity index (χ1) is 36.5. The van der Waals surface area contributed by atoms with Crippen molar-refractivity contribution in [1.29, 1.82) is 0 Å². The molecule has 440 valence electrons. The zero-order chi connectivity index (χ0) is 53.6. The quantitative estimate of drug-likeness (QED) is 0.0343. The summed E-state index contributed by atoms with van der Waals surface area (Å²) < 4.78 is 17.0. The summed E-state index contributed by atoms with van der Waals surface area (Å²) in [7, 11) is 0. The molecule has 0 rings (SSSR count). The minimum atomic E-state index is -0.762. The van der Waals surface area contributed by atoms with E-state index in [9.17, 15) is 14.4 Å². The molecule has 0 N–H and O–H groups in total. The summed E-state index contributed by atoms with van der Waals surface area (Å²) in [5.41, 5.74) is 0. The van der Waals surface area contributed by atoms with Crippen molar-refractivity contribution in [1.82, 2.24) is 0 Å². The van der Waals surface area contributed by atoms with Crippen molar-refractivity contribution in [3.05, 3.63) is 0 Å². The second-order valence-corrected chi connectivity index (χ2v) is 23.5. The van der Waals surface area contributed by atoms with Crippen molar-refractivity contribution in [2.24, 2.45) is 0 Å². The number of hydrogen-bond acceptors (Lipinski definition) is 6. The lowest BCUT2D eigenvalue weighted by atomic mass is 10.0. The van der Waals surface area contributed by atoms with Crippen molar-refractivity contribution >= 4 is 17.9 Å². The van der Waals surface area contributed by atoms with Crippen LogP contribution in [0.2, 0.25) is 0 Å². The van der Waals surface area contributed by atoms with E-state index in [1.54, 1.807) is 0 Å². The molecule has 0 spiro atoms. The summed E-state index contributed by atoms with van der Waals surface area (Å²) in [5.74, 6) is -0.824. The van der Waals surface area contributed by atoms with Crippen LogP contribution in [0.5, 0.6) is 0 Å². The maximum Gasteiger partial charge on any atom is 0.306 e. The van der Waals surface area contributed by atoms with E-state index in [0.29, 0.717) is 19.3 Å². The summed E-state index contributed by atoms with van der Waals surface area (Å²) in [6.45, 7) is 6.73. The van der Waals surface area contributed by atoms with Crippen LogP contribution >= 0.6 is 0 Å². The van der Waals surface area contributed by atoms with Gasteiger partial charge in [0, 0.05) is 19.3 Å². The zero-order valence-electron chi connectivity index (χ0n) is 50.7. The van der Waals surface area contributed by atoms with Gasteiger partial charge in [-0.05, 0) is 19.3 Å². The number of unbranched alkanes of at least 4 members (excludes halogenated alkanes) is 53. The fourth-order valence-electron chi connectivity index (χ4n) is 10.7. The number of ether oxygens (including phenoxy) is 3. The molecule has 0 heterocycles. The molecule has 6 heteroatoms. The van der Waals surface area contributed by atoms with E-state index in [-0.39, 0.29) is 31.1 Å². The Balaban J connectivity index is 4.14. The Hall–Kier alpha value is -1.59. The van der Waals surface area contributed by atoms with E-state index in [4.69, 9.17) is 14.2 Å². The van der Waals surface area contributed by atoms with E-state index in [2.05, 4.69) is 20.8 Å². The number of carbonyl (C=O) groups excluding carboxylic acids is 3. The summed E-state index contributed by atoms with van der Waals surface area (Å²) in [6.07, 6.45) is 74.2. The average Bonchev–Trinajstić information content (AvgIpc) is 3.40. The first kappa shape index (κ1) is 72.4. The molecular weight excluding hydrogens is 913 g/mol. The van der Waals surface area contributed by atoms with Gasteiger partial charge in [-0.15, -0.1) is 0 Å². The Morgan fingerprint density at radius 1 is 0.216 bits per heavy atom. The predicted molar refractivity (Wildman–Crippen MR) is 321 cm³/mol. The van der Waals surface area contributed by atoms with Gasteiger partial charge in [0.2, 0.25) is 0 Å². The first-order valence-corrected chi connectivity index (χ1v) is 34.0. The van der Waals surface area contributed by atoms with Gasteiger partial charge in [0.05, 0.1) is 0 Å². The van der Waals surface area contributed by atoms with Crippen molar-refractivity contribution in [2.75, 3.05) is 13.2 Å². The van der Waals surface area contributed by atoms with Gasteiger partial charge in [-0.3, -0.25) is 14.4 Å². The molecule has 1 atom stereocenters. The molecule has 0 aromatic rings. The summed E-state index contributed by atoms with van der Waals surface area (Å²) in [4.78, 5) is 38.3. The third kappa shape index (κ3) is 61.3. The van der Waals surface area contributed by atoms with Crippen molar-refractivity contribution < 1.29 is 28.6 Å². The molecule has 0 aromatic heterocycles. The van der Waals surface area contributed by atoms with Crippen molar-refractivity contribution in [3.8, 4) is 0 Å². The lowest BCUT2D eigenvalue weighted by Crippen LogP contribution is -2.30. The van der Waals surface area contributed by atoms with Crippen LogP contribution in [0.3, 0.4) is 0 Å². The lowest BCUT2D eigenvalue weighted by Gasteiger charge is -2.18. The number of hydrogen-bond donors (Lipinski definition) is 0. The van der Waals surface area contributed by atoms with Gasteiger partial charge in [0.25, 0.3) is 0 Å². The van der Waals surface area contributed by atoms with Gasteiger partial charge in [-0.2, -0.15) is 0 Å². The Kier molecular flexibility index (Phi) is 62.6. The average molecular weight is 1050 g/mol. The van der Waals surface area contributed by atoms with Gasteiger partial charge in [0.15, 0.2) is 6.10 Å². The summed E-state index contributed by atoms with van der Waals surface area (Å²) in [6, 6.07) is 0. The van der Waals surface area contributed by atoms with Crippen molar-refractivity contribution in [2.45, 2.75) is 406 Å². The van der Waals surface area contributed by atoms with E-state index in [0.717, 1.165) is 57.8 Å². The minimum absolute atomic E-state index is 0.0605. The molecule has 0 bridgehead atoms. The Labute approximate surface area is 463 Å². The molecule has 0 saturated carbocycles. The van der Waals surface area contributed by atoms with Gasteiger partial charge in [-0.1, -0.05) is 361 Å². The van der Waals surface area contributed by atoms with Crippen LogP contribution in [0.1, 0.15) is 400 Å². The topological polar surface area (TPSA) is 78.9 Å². The highest BCUT2D eigenvalue weighted by Gasteiger charge is 2.19. The predicted octanol–water partition coefficient (Wildman–Crippen LogP) is 23.1. The Morgan fingerprint density at radius 3 is 0.541 bits per heavy atom. The largest absolute Gasteiger partial charge is 0.462 e. The maximum absolute atomic E-state index is 12.9. The fourth-order valence-corrected chi connectivity index (χ4v) is 10.7. The molecular formula is C68H132O6. The molecule has 6 nitrogen and oxygen atoms in total. The van der Waals surface area contributed by atoms with E-state index >= 15 is 0 Å². The normalized spacial score (nSPS) is 11.9. The van der Waals surface area contributed by atoms with Crippen LogP contribution < -0.4 is 0 Å². The molecule has 0 aliphatic rings. The third-order valence-electron chi connectivity index (χ3n) is 15.9. The van der Waals surface area contributed by atoms with Gasteiger partial charge >= 0.3 is 17.9 Å². The lowest BCUT2D eigenvalue weighted by molar-refractivity contribution is -0.167. The molecule has 0 amide bonds. The highest BCUT2D eigenvalue weighted by molar-refractivity contribution is 5.71. The van der Waals surface area contributed by atoms with E-state index in [1.165, 1.54) is 302 Å². The number of carbonyl (C=O) groups is 3. The molecule has 0 aromatic carbocycles. The zero-order valence-corrected chi connectivity index (χ0v) is 50.7. The molecule has 74 heavy (non-hydrogen) atoms. The first-order valence-electron chi connectivity index (χ1n) is 34.0. The smallest absolute Gasteiger partial charge is 0.306 e. The molecule has 0 aliphatic heterocycles. The monoisotopic (exact) mass is 1050 g/mol. The SMILES string of the molecule is CCCCCCCCCCCCCCCCCCCCCCCCCCCCCC(=O)OCC(COC(=O)CCCCCCCCCCCCCCC)OC(=O)CCCCCCCCCCCCCCCCCC. The van der Waals surface area contributed by atoms with Crippen LogP contribution in [0.15, 0.2) is 0 Å². The molecule has 0 radical (unpaired) electrons. The highest BCUT2D eigenvalue weighted by atomic mass is 16.6. The summed E-state index contributed by atoms with van der Waals surface area (Å²) >= 11 is 0.